The molecular formula is C24H33N3. The smallest absolute Gasteiger partial charge is 0.0497 e. The maximum atomic E-state index is 5.74. The number of hydrogen-bond acceptors (Lipinski definition) is 2. The Morgan fingerprint density at radius 1 is 1.04 bits per heavy atom. The number of nitrogens with zero attached hydrogens (tertiary/aromatic N) is 1. The second-order valence-electron chi connectivity index (χ2n) is 7.78. The Balaban J connectivity index is 2.08. The van der Waals surface area contributed by atoms with Crippen LogP contribution in [-0.2, 0) is 6.42 Å². The summed E-state index contributed by atoms with van der Waals surface area (Å²) in [4.78, 5) is 5.83. The number of nitrogens with two attached hydrogens (primary N) is 1. The topological polar surface area (TPSA) is 45.0 Å². The van der Waals surface area contributed by atoms with E-state index in [0.717, 1.165) is 32.2 Å². The van der Waals surface area contributed by atoms with Crippen LogP contribution in [0, 0.1) is 0 Å². The van der Waals surface area contributed by atoms with Crippen LogP contribution in [0.4, 0.5) is 5.69 Å². The molecule has 1 atom stereocenters. The van der Waals surface area contributed by atoms with Gasteiger partial charge in [-0.25, -0.2) is 0 Å². The molecule has 3 aromatic rings. The van der Waals surface area contributed by atoms with E-state index in [2.05, 4.69) is 80.3 Å². The predicted molar refractivity (Wildman–Crippen MR) is 119 cm³/mol. The first-order valence-corrected chi connectivity index (χ1v) is 10.2. The van der Waals surface area contributed by atoms with Gasteiger partial charge in [0, 0.05) is 36.4 Å². The lowest BCUT2D eigenvalue weighted by atomic mass is 9.94. The summed E-state index contributed by atoms with van der Waals surface area (Å²) in [5, 5.41) is 1.37. The van der Waals surface area contributed by atoms with Crippen LogP contribution in [0.25, 0.3) is 22.2 Å². The highest BCUT2D eigenvalue weighted by Crippen LogP contribution is 2.34. The molecule has 27 heavy (non-hydrogen) atoms. The second-order valence-corrected chi connectivity index (χ2v) is 7.78. The van der Waals surface area contributed by atoms with Crippen molar-refractivity contribution in [2.75, 3.05) is 25.5 Å². The van der Waals surface area contributed by atoms with Crippen LogP contribution < -0.4 is 10.6 Å². The maximum absolute atomic E-state index is 5.74. The van der Waals surface area contributed by atoms with Gasteiger partial charge < -0.3 is 15.6 Å². The number of rotatable bonds is 8. The molecule has 3 heteroatoms. The number of H-pyrrole nitrogens is 1. The third kappa shape index (κ3) is 4.19. The average Bonchev–Trinajstić information content (AvgIpc) is 3.05. The Bertz CT molecular complexity index is 875. The quantitative estimate of drug-likeness (QED) is 0.505. The van der Waals surface area contributed by atoms with Gasteiger partial charge in [-0.1, -0.05) is 32.0 Å². The molecule has 0 aliphatic rings. The molecule has 0 saturated heterocycles. The molecule has 3 N–H and O–H groups in total. The largest absolute Gasteiger partial charge is 0.378 e. The number of aromatic nitrogens is 1. The summed E-state index contributed by atoms with van der Waals surface area (Å²) in [5.74, 6) is 0.587. The van der Waals surface area contributed by atoms with Gasteiger partial charge in [0.1, 0.15) is 0 Å². The molecule has 3 rings (SSSR count). The van der Waals surface area contributed by atoms with Crippen molar-refractivity contribution in [3.8, 4) is 11.3 Å². The summed E-state index contributed by atoms with van der Waals surface area (Å²) >= 11 is 0. The van der Waals surface area contributed by atoms with E-state index in [0.29, 0.717) is 5.92 Å². The zero-order chi connectivity index (χ0) is 19.4. The van der Waals surface area contributed by atoms with E-state index in [9.17, 15) is 0 Å². The van der Waals surface area contributed by atoms with Gasteiger partial charge in [0.15, 0.2) is 0 Å². The van der Waals surface area contributed by atoms with Crippen LogP contribution in [0.1, 0.15) is 50.2 Å². The fourth-order valence-corrected chi connectivity index (χ4v) is 3.69. The first-order valence-electron chi connectivity index (χ1n) is 10.2. The van der Waals surface area contributed by atoms with E-state index in [1.165, 1.54) is 39.0 Å². The number of aromatic amines is 1. The number of benzene rings is 2. The lowest BCUT2D eigenvalue weighted by Gasteiger charge is -2.13. The molecule has 0 saturated carbocycles. The van der Waals surface area contributed by atoms with E-state index < -0.39 is 0 Å². The normalized spacial score (nSPS) is 12.5. The minimum atomic E-state index is 0.587. The van der Waals surface area contributed by atoms with E-state index in [1.54, 1.807) is 0 Å². The maximum Gasteiger partial charge on any atom is 0.0497 e. The lowest BCUT2D eigenvalue weighted by molar-refractivity contribution is 0.734. The Morgan fingerprint density at radius 3 is 2.41 bits per heavy atom. The highest BCUT2D eigenvalue weighted by molar-refractivity contribution is 5.91. The number of fused-ring (bicyclic) bond motifs is 1. The summed E-state index contributed by atoms with van der Waals surface area (Å²) in [6.45, 7) is 5.32. The Kier molecular flexibility index (Phi) is 6.22. The Labute approximate surface area is 163 Å². The molecule has 1 unspecified atom stereocenters. The third-order valence-corrected chi connectivity index (χ3v) is 5.66. The highest BCUT2D eigenvalue weighted by Gasteiger charge is 2.15. The van der Waals surface area contributed by atoms with Crippen molar-refractivity contribution >= 4 is 16.6 Å². The summed E-state index contributed by atoms with van der Waals surface area (Å²) in [6, 6.07) is 15.8. The van der Waals surface area contributed by atoms with E-state index in [1.807, 2.05) is 0 Å². The molecule has 2 aromatic carbocycles. The first-order chi connectivity index (χ1) is 13.0. The van der Waals surface area contributed by atoms with Crippen LogP contribution in [-0.4, -0.2) is 25.6 Å². The average molecular weight is 364 g/mol. The van der Waals surface area contributed by atoms with Gasteiger partial charge in [-0.15, -0.1) is 0 Å². The molecule has 144 valence electrons. The molecule has 0 aliphatic carbocycles. The van der Waals surface area contributed by atoms with Gasteiger partial charge in [-0.05, 0) is 79.1 Å². The minimum Gasteiger partial charge on any atom is -0.378 e. The molecule has 0 amide bonds. The van der Waals surface area contributed by atoms with Crippen molar-refractivity contribution in [3.63, 3.8) is 0 Å². The fraction of sp³-hybridized carbons (Fsp3) is 0.417. The number of aryl methyl sites for hydroxylation is 1. The zero-order valence-corrected chi connectivity index (χ0v) is 17.2. The first kappa shape index (κ1) is 19.5. The molecule has 1 heterocycles. The van der Waals surface area contributed by atoms with Crippen LogP contribution >= 0.6 is 0 Å². The monoisotopic (exact) mass is 363 g/mol. The molecule has 0 spiro atoms. The fourth-order valence-electron chi connectivity index (χ4n) is 3.69. The van der Waals surface area contributed by atoms with Gasteiger partial charge in [-0.2, -0.15) is 0 Å². The van der Waals surface area contributed by atoms with Crippen LogP contribution in [0.3, 0.4) is 0 Å². The zero-order valence-electron chi connectivity index (χ0n) is 17.2. The van der Waals surface area contributed by atoms with Crippen molar-refractivity contribution in [2.24, 2.45) is 5.73 Å². The molecular weight excluding hydrogens is 330 g/mol. The second kappa shape index (κ2) is 8.62. The molecule has 0 fully saturated rings. The summed E-state index contributed by atoms with van der Waals surface area (Å²) in [7, 11) is 4.15. The standard InChI is InChI=1S/C24H33N3/c1-5-17(2)19-11-14-23-22(16-19)21(8-6-7-15-25)24(26-23)18-9-12-20(13-10-18)27(3)4/h9-14,16-17,26H,5-8,15,25H2,1-4H3. The van der Waals surface area contributed by atoms with Gasteiger partial charge in [0.05, 0.1) is 0 Å². The number of nitrogens with one attached hydrogen (secondary N) is 1. The van der Waals surface area contributed by atoms with Crippen LogP contribution in [0.2, 0.25) is 0 Å². The van der Waals surface area contributed by atoms with Gasteiger partial charge in [0.25, 0.3) is 0 Å². The van der Waals surface area contributed by atoms with Crippen molar-refractivity contribution in [3.05, 3.63) is 53.6 Å². The van der Waals surface area contributed by atoms with Crippen LogP contribution in [0.15, 0.2) is 42.5 Å². The highest BCUT2D eigenvalue weighted by atomic mass is 15.1. The minimum absolute atomic E-state index is 0.587. The Morgan fingerprint density at radius 2 is 1.78 bits per heavy atom. The van der Waals surface area contributed by atoms with Crippen molar-refractivity contribution in [1.29, 1.82) is 0 Å². The molecule has 0 radical (unpaired) electrons. The Hall–Kier alpha value is -2.26. The predicted octanol–water partition coefficient (Wildman–Crippen LogP) is 5.70. The molecule has 0 bridgehead atoms. The summed E-state index contributed by atoms with van der Waals surface area (Å²) in [5.41, 5.74) is 13.6. The molecule has 3 nitrogen and oxygen atoms in total. The van der Waals surface area contributed by atoms with E-state index in [4.69, 9.17) is 5.73 Å². The van der Waals surface area contributed by atoms with Gasteiger partial charge in [-0.3, -0.25) is 0 Å². The van der Waals surface area contributed by atoms with E-state index >= 15 is 0 Å². The number of hydrogen-bond donors (Lipinski definition) is 2. The van der Waals surface area contributed by atoms with Crippen molar-refractivity contribution < 1.29 is 0 Å². The molecule has 1 aromatic heterocycles. The molecule has 0 aliphatic heterocycles. The third-order valence-electron chi connectivity index (χ3n) is 5.66. The van der Waals surface area contributed by atoms with Gasteiger partial charge in [0.2, 0.25) is 0 Å². The van der Waals surface area contributed by atoms with Crippen molar-refractivity contribution in [1.82, 2.24) is 4.98 Å². The number of anilines is 1. The van der Waals surface area contributed by atoms with Gasteiger partial charge >= 0.3 is 0 Å². The summed E-state index contributed by atoms with van der Waals surface area (Å²) in [6.07, 6.45) is 4.42. The summed E-state index contributed by atoms with van der Waals surface area (Å²) < 4.78 is 0. The number of unbranched alkanes of at least 4 members (excludes halogenated alkanes) is 1. The SMILES string of the molecule is CCC(C)c1ccc2[nH]c(-c3ccc(N(C)C)cc3)c(CCCCN)c2c1. The van der Waals surface area contributed by atoms with E-state index in [-0.39, 0.29) is 0 Å². The lowest BCUT2D eigenvalue weighted by Crippen LogP contribution is -2.07. The van der Waals surface area contributed by atoms with Crippen molar-refractivity contribution in [2.45, 2.75) is 45.4 Å². The van der Waals surface area contributed by atoms with Crippen LogP contribution in [0.5, 0.6) is 0 Å².